The van der Waals surface area contributed by atoms with E-state index in [2.05, 4.69) is 17.4 Å². The van der Waals surface area contributed by atoms with Gasteiger partial charge in [0.25, 0.3) is 5.91 Å². The van der Waals surface area contributed by atoms with Gasteiger partial charge >= 0.3 is 0 Å². The third kappa shape index (κ3) is 4.52. The summed E-state index contributed by atoms with van der Waals surface area (Å²) in [4.78, 5) is 12.6. The van der Waals surface area contributed by atoms with Crippen LogP contribution < -0.4 is 5.32 Å². The van der Waals surface area contributed by atoms with E-state index in [9.17, 15) is 13.2 Å². The summed E-state index contributed by atoms with van der Waals surface area (Å²) in [6, 6.07) is 17.3. The summed E-state index contributed by atoms with van der Waals surface area (Å²) in [6.07, 6.45) is 5.70. The molecule has 0 spiro atoms. The first-order valence-corrected chi connectivity index (χ1v) is 11.0. The lowest BCUT2D eigenvalue weighted by molar-refractivity contribution is 0.0943. The SMILES string of the molecule is CS(=O)(=O)Cc1cccc(C(=O)NCC2(c3ccccc3)CCCC2)c1. The van der Waals surface area contributed by atoms with Gasteiger partial charge in [-0.2, -0.15) is 0 Å². The van der Waals surface area contributed by atoms with Gasteiger partial charge in [0.1, 0.15) is 0 Å². The molecule has 1 N–H and O–H groups in total. The van der Waals surface area contributed by atoms with Crippen molar-refractivity contribution < 1.29 is 13.2 Å². The maximum Gasteiger partial charge on any atom is 0.251 e. The molecule has 0 aliphatic heterocycles. The van der Waals surface area contributed by atoms with Gasteiger partial charge in [-0.3, -0.25) is 4.79 Å². The summed E-state index contributed by atoms with van der Waals surface area (Å²) >= 11 is 0. The number of nitrogens with one attached hydrogen (secondary N) is 1. The highest BCUT2D eigenvalue weighted by Crippen LogP contribution is 2.40. The van der Waals surface area contributed by atoms with Crippen molar-refractivity contribution in [3.05, 3.63) is 71.3 Å². The van der Waals surface area contributed by atoms with E-state index in [4.69, 9.17) is 0 Å². The Labute approximate surface area is 155 Å². The normalized spacial score (nSPS) is 16.3. The molecule has 0 aromatic heterocycles. The highest BCUT2D eigenvalue weighted by Gasteiger charge is 2.35. The van der Waals surface area contributed by atoms with Crippen LogP contribution in [-0.2, 0) is 21.0 Å². The Morgan fingerprint density at radius 1 is 1.04 bits per heavy atom. The molecule has 1 amide bonds. The summed E-state index contributed by atoms with van der Waals surface area (Å²) in [5.41, 5.74) is 2.43. The molecule has 1 saturated carbocycles. The molecule has 0 radical (unpaired) electrons. The van der Waals surface area contributed by atoms with Crippen molar-refractivity contribution in [2.45, 2.75) is 36.9 Å². The zero-order valence-corrected chi connectivity index (χ0v) is 15.9. The molecule has 0 heterocycles. The lowest BCUT2D eigenvalue weighted by Crippen LogP contribution is -2.39. The predicted molar refractivity (Wildman–Crippen MR) is 104 cm³/mol. The molecule has 1 fully saturated rings. The van der Waals surface area contributed by atoms with Crippen LogP contribution in [0, 0.1) is 0 Å². The van der Waals surface area contributed by atoms with Crippen LogP contribution in [-0.4, -0.2) is 27.1 Å². The minimum absolute atomic E-state index is 0.00128. The molecule has 0 unspecified atom stereocenters. The van der Waals surface area contributed by atoms with Gasteiger partial charge in [0.2, 0.25) is 0 Å². The number of carbonyl (C=O) groups excluding carboxylic acids is 1. The zero-order chi connectivity index (χ0) is 18.6. The molecule has 138 valence electrons. The van der Waals surface area contributed by atoms with Crippen molar-refractivity contribution in [1.29, 1.82) is 0 Å². The third-order valence-corrected chi connectivity index (χ3v) is 6.01. The summed E-state index contributed by atoms with van der Waals surface area (Å²) in [6.45, 7) is 0.603. The van der Waals surface area contributed by atoms with Crippen molar-refractivity contribution in [2.24, 2.45) is 0 Å². The second-order valence-electron chi connectivity index (χ2n) is 7.31. The number of benzene rings is 2. The molecule has 1 aliphatic carbocycles. The van der Waals surface area contributed by atoms with Crippen molar-refractivity contribution in [3.8, 4) is 0 Å². The summed E-state index contributed by atoms with van der Waals surface area (Å²) in [5.74, 6) is -0.204. The predicted octanol–water partition coefficient (Wildman–Crippen LogP) is 3.47. The van der Waals surface area contributed by atoms with Gasteiger partial charge in [0.15, 0.2) is 9.84 Å². The smallest absolute Gasteiger partial charge is 0.251 e. The van der Waals surface area contributed by atoms with E-state index in [1.54, 1.807) is 24.3 Å². The lowest BCUT2D eigenvalue weighted by Gasteiger charge is -2.30. The first-order valence-electron chi connectivity index (χ1n) is 8.98. The Kier molecular flexibility index (Phi) is 5.47. The largest absolute Gasteiger partial charge is 0.351 e. The first-order chi connectivity index (χ1) is 12.4. The van der Waals surface area contributed by atoms with Crippen molar-refractivity contribution in [2.75, 3.05) is 12.8 Å². The average Bonchev–Trinajstić information content (AvgIpc) is 3.09. The van der Waals surface area contributed by atoms with Crippen molar-refractivity contribution in [1.82, 2.24) is 5.32 Å². The minimum atomic E-state index is -3.12. The number of sulfone groups is 1. The van der Waals surface area contributed by atoms with Crippen LogP contribution >= 0.6 is 0 Å². The van der Waals surface area contributed by atoms with Crippen LogP contribution in [0.5, 0.6) is 0 Å². The van der Waals surface area contributed by atoms with Gasteiger partial charge in [-0.1, -0.05) is 55.3 Å². The Hall–Kier alpha value is -2.14. The van der Waals surface area contributed by atoms with Crippen molar-refractivity contribution >= 4 is 15.7 Å². The van der Waals surface area contributed by atoms with E-state index in [0.717, 1.165) is 12.8 Å². The van der Waals surface area contributed by atoms with Crippen molar-refractivity contribution in [3.63, 3.8) is 0 Å². The quantitative estimate of drug-likeness (QED) is 0.846. The van der Waals surface area contributed by atoms with E-state index in [0.29, 0.717) is 17.7 Å². The average molecular weight is 372 g/mol. The van der Waals surface area contributed by atoms with Gasteiger partial charge < -0.3 is 5.32 Å². The zero-order valence-electron chi connectivity index (χ0n) is 15.1. The highest BCUT2D eigenvalue weighted by atomic mass is 32.2. The molecule has 0 bridgehead atoms. The molecule has 3 rings (SSSR count). The Morgan fingerprint density at radius 2 is 1.73 bits per heavy atom. The van der Waals surface area contributed by atoms with Crippen LogP contribution in [0.3, 0.4) is 0 Å². The topological polar surface area (TPSA) is 63.2 Å². The van der Waals surface area contributed by atoms with E-state index >= 15 is 0 Å². The van der Waals surface area contributed by atoms with Crippen LogP contribution in [0.15, 0.2) is 54.6 Å². The second kappa shape index (κ2) is 7.62. The van der Waals surface area contributed by atoms with Gasteiger partial charge in [0.05, 0.1) is 5.75 Å². The molecular formula is C21H25NO3S. The fourth-order valence-corrected chi connectivity index (χ4v) is 4.65. The van der Waals surface area contributed by atoms with E-state index in [1.807, 2.05) is 18.2 Å². The third-order valence-electron chi connectivity index (χ3n) is 5.15. The van der Waals surface area contributed by atoms with Gasteiger partial charge in [0, 0.05) is 23.8 Å². The van der Waals surface area contributed by atoms with Crippen LogP contribution in [0.25, 0.3) is 0 Å². The Bertz CT molecular complexity index is 869. The standard InChI is InChI=1S/C21H25NO3S/c1-26(24,25)15-17-8-7-9-18(14-17)20(23)22-16-21(12-5-6-13-21)19-10-3-2-4-11-19/h2-4,7-11,14H,5-6,12-13,15-16H2,1H3,(H,22,23). The number of amides is 1. The van der Waals surface area contributed by atoms with E-state index < -0.39 is 9.84 Å². The lowest BCUT2D eigenvalue weighted by atomic mass is 9.79. The van der Waals surface area contributed by atoms with Crippen LogP contribution in [0.2, 0.25) is 0 Å². The van der Waals surface area contributed by atoms with Gasteiger partial charge in [-0.15, -0.1) is 0 Å². The van der Waals surface area contributed by atoms with Gasteiger partial charge in [-0.05, 0) is 36.1 Å². The number of carbonyl (C=O) groups is 1. The number of hydrogen-bond donors (Lipinski definition) is 1. The molecule has 1 aliphatic rings. The Balaban J connectivity index is 1.73. The minimum Gasteiger partial charge on any atom is -0.351 e. The molecule has 26 heavy (non-hydrogen) atoms. The molecule has 2 aromatic rings. The summed E-state index contributed by atoms with van der Waals surface area (Å²) in [5, 5.41) is 3.08. The number of rotatable bonds is 6. The molecule has 4 nitrogen and oxygen atoms in total. The molecular weight excluding hydrogens is 346 g/mol. The summed E-state index contributed by atoms with van der Waals surface area (Å²) < 4.78 is 23.0. The first kappa shape index (κ1) is 18.6. The molecule has 2 aromatic carbocycles. The summed E-state index contributed by atoms with van der Waals surface area (Å²) in [7, 11) is -3.12. The van der Waals surface area contributed by atoms with E-state index in [1.165, 1.54) is 24.7 Å². The fraction of sp³-hybridized carbons (Fsp3) is 0.381. The Morgan fingerprint density at radius 3 is 2.38 bits per heavy atom. The van der Waals surface area contributed by atoms with Crippen LogP contribution in [0.4, 0.5) is 0 Å². The molecule has 5 heteroatoms. The molecule has 0 atom stereocenters. The highest BCUT2D eigenvalue weighted by molar-refractivity contribution is 7.89. The maximum absolute atomic E-state index is 12.6. The fourth-order valence-electron chi connectivity index (χ4n) is 3.87. The second-order valence-corrected chi connectivity index (χ2v) is 9.45. The van der Waals surface area contributed by atoms with Crippen LogP contribution in [0.1, 0.15) is 47.2 Å². The number of hydrogen-bond acceptors (Lipinski definition) is 3. The van der Waals surface area contributed by atoms with E-state index in [-0.39, 0.29) is 17.1 Å². The maximum atomic E-state index is 12.6. The van der Waals surface area contributed by atoms with Gasteiger partial charge in [-0.25, -0.2) is 8.42 Å². The monoisotopic (exact) mass is 371 g/mol. The molecule has 0 saturated heterocycles.